The molecule has 0 fully saturated rings. The number of nitro groups is 1. The van der Waals surface area contributed by atoms with E-state index in [4.69, 9.17) is 5.11 Å². The van der Waals surface area contributed by atoms with Crippen LogP contribution in [0.2, 0.25) is 0 Å². The predicted molar refractivity (Wildman–Crippen MR) is 75.6 cm³/mol. The Morgan fingerprint density at radius 2 is 2.10 bits per heavy atom. The summed E-state index contributed by atoms with van der Waals surface area (Å²) in [4.78, 5) is 22.2. The fourth-order valence-corrected chi connectivity index (χ4v) is 1.98. The van der Waals surface area contributed by atoms with Gasteiger partial charge in [-0.1, -0.05) is 24.3 Å². The molecule has 1 aromatic heterocycles. The van der Waals surface area contributed by atoms with Crippen molar-refractivity contribution in [3.8, 4) is 0 Å². The van der Waals surface area contributed by atoms with Gasteiger partial charge in [-0.15, -0.1) is 0 Å². The molecule has 7 heteroatoms. The molecule has 0 atom stereocenters. The van der Waals surface area contributed by atoms with Crippen molar-refractivity contribution in [3.05, 3.63) is 63.5 Å². The number of hydrogen-bond acceptors (Lipinski definition) is 4. The summed E-state index contributed by atoms with van der Waals surface area (Å²) in [6.07, 6.45) is 1.29. The maximum atomic E-state index is 12.0. The zero-order chi connectivity index (χ0) is 15.4. The summed E-state index contributed by atoms with van der Waals surface area (Å²) < 4.78 is 1.41. The van der Waals surface area contributed by atoms with Gasteiger partial charge in [0.05, 0.1) is 17.7 Å². The van der Waals surface area contributed by atoms with E-state index in [-0.39, 0.29) is 30.4 Å². The van der Waals surface area contributed by atoms with E-state index < -0.39 is 4.92 Å². The molecule has 7 nitrogen and oxygen atoms in total. The third kappa shape index (κ3) is 3.46. The van der Waals surface area contributed by atoms with E-state index in [1.165, 1.54) is 16.8 Å². The fraction of sp³-hybridized carbons (Fsp3) is 0.214. The Morgan fingerprint density at radius 3 is 2.71 bits per heavy atom. The van der Waals surface area contributed by atoms with Gasteiger partial charge in [0.15, 0.2) is 0 Å². The van der Waals surface area contributed by atoms with Gasteiger partial charge in [0.25, 0.3) is 11.6 Å². The van der Waals surface area contributed by atoms with Crippen LogP contribution in [0.25, 0.3) is 0 Å². The first kappa shape index (κ1) is 14.7. The van der Waals surface area contributed by atoms with E-state index in [1.54, 1.807) is 25.2 Å². The van der Waals surface area contributed by atoms with Crippen molar-refractivity contribution >= 4 is 11.6 Å². The van der Waals surface area contributed by atoms with E-state index in [9.17, 15) is 14.9 Å². The summed E-state index contributed by atoms with van der Waals surface area (Å²) in [5.74, 6) is -0.389. The second kappa shape index (κ2) is 6.19. The van der Waals surface area contributed by atoms with Gasteiger partial charge >= 0.3 is 0 Å². The van der Waals surface area contributed by atoms with Crippen LogP contribution in [0.1, 0.15) is 21.6 Å². The number of rotatable bonds is 5. The van der Waals surface area contributed by atoms with Crippen molar-refractivity contribution in [2.75, 3.05) is 0 Å². The number of aliphatic hydroxyl groups excluding tert-OH is 1. The van der Waals surface area contributed by atoms with Gasteiger partial charge in [0.2, 0.25) is 0 Å². The number of benzene rings is 1. The molecule has 110 valence electrons. The molecule has 0 saturated carbocycles. The lowest BCUT2D eigenvalue weighted by atomic mass is 10.1. The third-order valence-corrected chi connectivity index (χ3v) is 3.06. The lowest BCUT2D eigenvalue weighted by molar-refractivity contribution is -0.384. The van der Waals surface area contributed by atoms with Crippen molar-refractivity contribution < 1.29 is 14.8 Å². The van der Waals surface area contributed by atoms with Crippen LogP contribution in [0.15, 0.2) is 36.5 Å². The Kier molecular flexibility index (Phi) is 4.34. The largest absolute Gasteiger partial charge is 0.392 e. The molecule has 0 aliphatic carbocycles. The smallest absolute Gasteiger partial charge is 0.287 e. The first-order valence-corrected chi connectivity index (χ1v) is 6.29. The highest BCUT2D eigenvalue weighted by atomic mass is 16.6. The van der Waals surface area contributed by atoms with Crippen molar-refractivity contribution in [3.63, 3.8) is 0 Å². The van der Waals surface area contributed by atoms with Crippen LogP contribution in [-0.2, 0) is 20.2 Å². The molecule has 2 rings (SSSR count). The molecule has 0 radical (unpaired) electrons. The van der Waals surface area contributed by atoms with E-state index in [1.807, 2.05) is 6.07 Å². The monoisotopic (exact) mass is 289 g/mol. The minimum Gasteiger partial charge on any atom is -0.392 e. The maximum Gasteiger partial charge on any atom is 0.287 e. The van der Waals surface area contributed by atoms with Crippen molar-refractivity contribution in [2.45, 2.75) is 13.2 Å². The predicted octanol–water partition coefficient (Wildman–Crippen LogP) is 1.36. The van der Waals surface area contributed by atoms with Crippen molar-refractivity contribution in [1.29, 1.82) is 0 Å². The average Bonchev–Trinajstić information content (AvgIpc) is 2.87. The van der Waals surface area contributed by atoms with Gasteiger partial charge < -0.3 is 15.0 Å². The van der Waals surface area contributed by atoms with Crippen LogP contribution in [0.4, 0.5) is 5.69 Å². The number of nitrogens with zero attached hydrogens (tertiary/aromatic N) is 2. The van der Waals surface area contributed by atoms with Crippen LogP contribution in [0.5, 0.6) is 0 Å². The quantitative estimate of drug-likeness (QED) is 0.641. The molecular weight excluding hydrogens is 274 g/mol. The number of aromatic nitrogens is 1. The van der Waals surface area contributed by atoms with Crippen LogP contribution >= 0.6 is 0 Å². The molecule has 2 aromatic rings. The summed E-state index contributed by atoms with van der Waals surface area (Å²) in [5.41, 5.74) is 1.71. The molecule has 1 aromatic carbocycles. The normalized spacial score (nSPS) is 10.4. The number of carbonyl (C=O) groups excluding carboxylic acids is 1. The minimum absolute atomic E-state index is 0.0637. The Balaban J connectivity index is 2.06. The van der Waals surface area contributed by atoms with Gasteiger partial charge in [0, 0.05) is 19.7 Å². The molecule has 0 bridgehead atoms. The fourth-order valence-electron chi connectivity index (χ4n) is 1.98. The zero-order valence-electron chi connectivity index (χ0n) is 11.4. The van der Waals surface area contributed by atoms with E-state index in [2.05, 4.69) is 5.32 Å². The number of aliphatic hydroxyl groups is 1. The second-order valence-corrected chi connectivity index (χ2v) is 4.61. The van der Waals surface area contributed by atoms with Crippen molar-refractivity contribution in [1.82, 2.24) is 9.88 Å². The highest BCUT2D eigenvalue weighted by Crippen LogP contribution is 2.15. The highest BCUT2D eigenvalue weighted by molar-refractivity contribution is 5.93. The maximum absolute atomic E-state index is 12.0. The van der Waals surface area contributed by atoms with Crippen LogP contribution in [-0.4, -0.2) is 20.5 Å². The number of nitrogens with one attached hydrogen (secondary N) is 1. The first-order chi connectivity index (χ1) is 10.0. The van der Waals surface area contributed by atoms with Gasteiger partial charge in [-0.2, -0.15) is 0 Å². The summed E-state index contributed by atoms with van der Waals surface area (Å²) in [6, 6.07) is 8.42. The number of hydrogen-bond donors (Lipinski definition) is 2. The Bertz CT molecular complexity index is 679. The number of aryl methyl sites for hydroxylation is 1. The summed E-state index contributed by atoms with van der Waals surface area (Å²) >= 11 is 0. The third-order valence-electron chi connectivity index (χ3n) is 3.06. The Morgan fingerprint density at radius 1 is 1.38 bits per heavy atom. The summed E-state index contributed by atoms with van der Waals surface area (Å²) in [7, 11) is 1.58. The minimum atomic E-state index is -0.540. The molecular formula is C14H15N3O4. The van der Waals surface area contributed by atoms with Gasteiger partial charge in [-0.05, 0) is 11.1 Å². The molecule has 0 spiro atoms. The highest BCUT2D eigenvalue weighted by Gasteiger charge is 2.17. The second-order valence-electron chi connectivity index (χ2n) is 4.61. The average molecular weight is 289 g/mol. The van der Waals surface area contributed by atoms with Crippen LogP contribution in [0.3, 0.4) is 0 Å². The number of carbonyl (C=O) groups is 1. The van der Waals surface area contributed by atoms with E-state index >= 15 is 0 Å². The lowest BCUT2D eigenvalue weighted by Gasteiger charge is -2.07. The topological polar surface area (TPSA) is 97.4 Å². The van der Waals surface area contributed by atoms with Crippen molar-refractivity contribution in [2.24, 2.45) is 7.05 Å². The SMILES string of the molecule is Cn1cc([N+](=O)[O-])cc1C(=O)NCc1cccc(CO)c1. The van der Waals surface area contributed by atoms with Gasteiger partial charge in [0.1, 0.15) is 5.69 Å². The van der Waals surface area contributed by atoms with E-state index in [0.717, 1.165) is 11.1 Å². The molecule has 0 unspecified atom stereocenters. The summed E-state index contributed by atoms with van der Waals surface area (Å²) in [6.45, 7) is 0.220. The van der Waals surface area contributed by atoms with Crippen LogP contribution < -0.4 is 5.32 Å². The lowest BCUT2D eigenvalue weighted by Crippen LogP contribution is -2.24. The molecule has 2 N–H and O–H groups in total. The van der Waals surface area contributed by atoms with Gasteiger partial charge in [-0.3, -0.25) is 14.9 Å². The van der Waals surface area contributed by atoms with E-state index in [0.29, 0.717) is 0 Å². The first-order valence-electron chi connectivity index (χ1n) is 6.29. The molecule has 0 saturated heterocycles. The molecule has 1 heterocycles. The standard InChI is InChI=1S/C14H15N3O4/c1-16-8-12(17(20)21)6-13(16)14(19)15-7-10-3-2-4-11(5-10)9-18/h2-6,8,18H,7,9H2,1H3,(H,15,19). The Labute approximate surface area is 121 Å². The van der Waals surface area contributed by atoms with Crippen LogP contribution in [0, 0.1) is 10.1 Å². The Hall–Kier alpha value is -2.67. The molecule has 21 heavy (non-hydrogen) atoms. The molecule has 0 aliphatic heterocycles. The molecule has 0 aliphatic rings. The van der Waals surface area contributed by atoms with Gasteiger partial charge in [-0.25, -0.2) is 0 Å². The molecule has 1 amide bonds. The summed E-state index contributed by atoms with van der Waals surface area (Å²) in [5, 5.41) is 22.4. The number of amides is 1. The zero-order valence-corrected chi connectivity index (χ0v) is 11.4.